The Balaban J connectivity index is 2.34. The fourth-order valence-corrected chi connectivity index (χ4v) is 1.32. The van der Waals surface area contributed by atoms with Gasteiger partial charge in [0.1, 0.15) is 5.69 Å². The summed E-state index contributed by atoms with van der Waals surface area (Å²) in [5, 5.41) is 3.93. The first-order valence-electron chi connectivity index (χ1n) is 4.29. The highest BCUT2D eigenvalue weighted by Gasteiger charge is 2.10. The van der Waals surface area contributed by atoms with Crippen molar-refractivity contribution in [2.24, 2.45) is 0 Å². The second kappa shape index (κ2) is 3.92. The minimum Gasteiger partial charge on any atom is -0.354 e. The van der Waals surface area contributed by atoms with E-state index in [2.05, 4.69) is 26.1 Å². The van der Waals surface area contributed by atoms with Crippen molar-refractivity contribution in [3.63, 3.8) is 0 Å². The topological polar surface area (TPSA) is 38.9 Å². The van der Waals surface area contributed by atoms with Crippen LogP contribution in [0, 0.1) is 0 Å². The summed E-state index contributed by atoms with van der Waals surface area (Å²) in [6.45, 7) is 2.00. The predicted molar refractivity (Wildman–Crippen MR) is 57.1 cm³/mol. The largest absolute Gasteiger partial charge is 0.354 e. The van der Waals surface area contributed by atoms with Crippen LogP contribution in [0.5, 0.6) is 0 Å². The van der Waals surface area contributed by atoms with Crippen LogP contribution in [0.25, 0.3) is 11.5 Å². The summed E-state index contributed by atoms with van der Waals surface area (Å²) in [5.41, 5.74) is 1.69. The van der Waals surface area contributed by atoms with Gasteiger partial charge in [0.2, 0.25) is 0 Å². The lowest BCUT2D eigenvalue weighted by molar-refractivity contribution is 0.423. The van der Waals surface area contributed by atoms with Crippen LogP contribution in [-0.2, 0) is 0 Å². The SMILES string of the molecule is CC(Br)c1cc(-c2ccccn2)on1. The summed E-state index contributed by atoms with van der Waals surface area (Å²) in [4.78, 5) is 4.37. The van der Waals surface area contributed by atoms with Gasteiger partial charge in [0, 0.05) is 12.3 Å². The zero-order valence-electron chi connectivity index (χ0n) is 7.64. The number of halogens is 1. The fraction of sp³-hybridized carbons (Fsp3) is 0.200. The van der Waals surface area contributed by atoms with E-state index < -0.39 is 0 Å². The zero-order valence-corrected chi connectivity index (χ0v) is 9.23. The number of pyridine rings is 1. The van der Waals surface area contributed by atoms with Gasteiger partial charge >= 0.3 is 0 Å². The van der Waals surface area contributed by atoms with Crippen molar-refractivity contribution in [3.05, 3.63) is 36.2 Å². The molecule has 0 aromatic carbocycles. The molecule has 4 heteroatoms. The number of nitrogens with zero attached hydrogens (tertiary/aromatic N) is 2. The molecule has 14 heavy (non-hydrogen) atoms. The number of hydrogen-bond donors (Lipinski definition) is 0. The van der Waals surface area contributed by atoms with Crippen molar-refractivity contribution < 1.29 is 4.52 Å². The van der Waals surface area contributed by atoms with E-state index in [4.69, 9.17) is 4.52 Å². The van der Waals surface area contributed by atoms with Gasteiger partial charge in [-0.1, -0.05) is 27.2 Å². The average molecular weight is 253 g/mol. The zero-order chi connectivity index (χ0) is 9.97. The maximum Gasteiger partial charge on any atom is 0.185 e. The Labute approximate surface area is 90.3 Å². The van der Waals surface area contributed by atoms with Gasteiger partial charge in [-0.3, -0.25) is 4.98 Å². The van der Waals surface area contributed by atoms with Gasteiger partial charge in [-0.15, -0.1) is 0 Å². The molecule has 0 aliphatic heterocycles. The molecule has 2 rings (SSSR count). The minimum absolute atomic E-state index is 0.198. The first-order chi connectivity index (χ1) is 6.77. The van der Waals surface area contributed by atoms with Gasteiger partial charge in [0.25, 0.3) is 0 Å². The van der Waals surface area contributed by atoms with Crippen molar-refractivity contribution in [1.82, 2.24) is 10.1 Å². The molecule has 2 aromatic heterocycles. The van der Waals surface area contributed by atoms with E-state index in [-0.39, 0.29) is 4.83 Å². The molecule has 3 nitrogen and oxygen atoms in total. The first-order valence-corrected chi connectivity index (χ1v) is 5.21. The minimum atomic E-state index is 0.198. The smallest absolute Gasteiger partial charge is 0.185 e. The molecule has 0 saturated heterocycles. The van der Waals surface area contributed by atoms with Crippen LogP contribution in [-0.4, -0.2) is 10.1 Å². The quantitative estimate of drug-likeness (QED) is 0.771. The third-order valence-electron chi connectivity index (χ3n) is 1.85. The molecule has 0 saturated carbocycles. The normalized spacial score (nSPS) is 12.7. The van der Waals surface area contributed by atoms with Crippen molar-refractivity contribution in [2.75, 3.05) is 0 Å². The van der Waals surface area contributed by atoms with E-state index >= 15 is 0 Å². The van der Waals surface area contributed by atoms with E-state index in [0.29, 0.717) is 5.76 Å². The summed E-state index contributed by atoms with van der Waals surface area (Å²) >= 11 is 3.43. The van der Waals surface area contributed by atoms with Gasteiger partial charge in [-0.2, -0.15) is 0 Å². The highest BCUT2D eigenvalue weighted by Crippen LogP contribution is 2.25. The first kappa shape index (κ1) is 9.40. The molecule has 0 fully saturated rings. The van der Waals surface area contributed by atoms with Gasteiger partial charge < -0.3 is 4.52 Å². The molecule has 1 atom stereocenters. The maximum absolute atomic E-state index is 5.17. The molecule has 0 bridgehead atoms. The highest BCUT2D eigenvalue weighted by atomic mass is 79.9. The third-order valence-corrected chi connectivity index (χ3v) is 2.32. The molecule has 0 N–H and O–H groups in total. The second-order valence-corrected chi connectivity index (χ2v) is 4.32. The number of aromatic nitrogens is 2. The second-order valence-electron chi connectivity index (χ2n) is 2.95. The van der Waals surface area contributed by atoms with Crippen LogP contribution in [0.15, 0.2) is 35.0 Å². The van der Waals surface area contributed by atoms with Crippen LogP contribution in [0.1, 0.15) is 17.4 Å². The summed E-state index contributed by atoms with van der Waals surface area (Å²) in [5.74, 6) is 0.701. The summed E-state index contributed by atoms with van der Waals surface area (Å²) in [6.07, 6.45) is 1.73. The van der Waals surface area contributed by atoms with Crippen LogP contribution < -0.4 is 0 Å². The molecule has 0 aliphatic rings. The van der Waals surface area contributed by atoms with Crippen LogP contribution in [0.4, 0.5) is 0 Å². The molecule has 0 aliphatic carbocycles. The van der Waals surface area contributed by atoms with E-state index in [1.54, 1.807) is 6.20 Å². The van der Waals surface area contributed by atoms with Crippen molar-refractivity contribution >= 4 is 15.9 Å². The number of hydrogen-bond acceptors (Lipinski definition) is 3. The van der Waals surface area contributed by atoms with E-state index in [1.165, 1.54) is 0 Å². The molecule has 0 spiro atoms. The lowest BCUT2D eigenvalue weighted by Gasteiger charge is -1.92. The van der Waals surface area contributed by atoms with Crippen LogP contribution in [0.2, 0.25) is 0 Å². The van der Waals surface area contributed by atoms with Crippen molar-refractivity contribution in [2.45, 2.75) is 11.8 Å². The maximum atomic E-state index is 5.17. The molecule has 0 radical (unpaired) electrons. The Bertz CT molecular complexity index is 411. The highest BCUT2D eigenvalue weighted by molar-refractivity contribution is 9.09. The van der Waals surface area contributed by atoms with Gasteiger partial charge in [-0.25, -0.2) is 0 Å². The van der Waals surface area contributed by atoms with E-state index in [1.807, 2.05) is 31.2 Å². The Morgan fingerprint density at radius 3 is 2.86 bits per heavy atom. The van der Waals surface area contributed by atoms with Gasteiger partial charge in [0.15, 0.2) is 5.76 Å². The lowest BCUT2D eigenvalue weighted by Crippen LogP contribution is -1.80. The predicted octanol–water partition coefficient (Wildman–Crippen LogP) is 3.19. The van der Waals surface area contributed by atoms with Crippen molar-refractivity contribution in [1.29, 1.82) is 0 Å². The molecule has 0 amide bonds. The molecular weight excluding hydrogens is 244 g/mol. The Morgan fingerprint density at radius 1 is 1.43 bits per heavy atom. The average Bonchev–Trinajstić information content (AvgIpc) is 2.68. The van der Waals surface area contributed by atoms with Crippen LogP contribution >= 0.6 is 15.9 Å². The lowest BCUT2D eigenvalue weighted by atomic mass is 10.2. The third kappa shape index (κ3) is 1.85. The van der Waals surface area contributed by atoms with E-state index in [9.17, 15) is 0 Å². The standard InChI is InChI=1S/C10H9BrN2O/c1-7(11)9-6-10(14-13-9)8-4-2-3-5-12-8/h2-7H,1H3. The summed E-state index contributed by atoms with van der Waals surface area (Å²) in [6, 6.07) is 7.57. The number of alkyl halides is 1. The van der Waals surface area contributed by atoms with Gasteiger partial charge in [-0.05, 0) is 19.1 Å². The Morgan fingerprint density at radius 2 is 2.29 bits per heavy atom. The molecular formula is C10H9BrN2O. The molecule has 2 heterocycles. The summed E-state index contributed by atoms with van der Waals surface area (Å²) in [7, 11) is 0. The monoisotopic (exact) mass is 252 g/mol. The van der Waals surface area contributed by atoms with E-state index in [0.717, 1.165) is 11.4 Å². The van der Waals surface area contributed by atoms with Crippen LogP contribution in [0.3, 0.4) is 0 Å². The Kier molecular flexibility index (Phi) is 2.63. The number of rotatable bonds is 2. The van der Waals surface area contributed by atoms with Gasteiger partial charge in [0.05, 0.1) is 10.5 Å². The molecule has 72 valence electrons. The summed E-state index contributed by atoms with van der Waals surface area (Å²) < 4.78 is 5.17. The Hall–Kier alpha value is -1.16. The fourth-order valence-electron chi connectivity index (χ4n) is 1.11. The molecule has 2 aromatic rings. The van der Waals surface area contributed by atoms with Crippen molar-refractivity contribution in [3.8, 4) is 11.5 Å². The molecule has 1 unspecified atom stereocenters.